The molecule has 5 heteroatoms. The molecular formula is C11H14O4S. The average Bonchev–Trinajstić information content (AvgIpc) is 2.65. The number of esters is 2. The summed E-state index contributed by atoms with van der Waals surface area (Å²) in [4.78, 5) is 23.9. The Labute approximate surface area is 98.2 Å². The number of hydrogen-bond acceptors (Lipinski definition) is 5. The van der Waals surface area contributed by atoms with Crippen molar-refractivity contribution < 1.29 is 19.1 Å². The van der Waals surface area contributed by atoms with E-state index in [0.29, 0.717) is 0 Å². The van der Waals surface area contributed by atoms with Gasteiger partial charge in [0.15, 0.2) is 0 Å². The average molecular weight is 242 g/mol. The molecule has 1 aromatic heterocycles. The number of aryl methyl sites for hydroxylation is 1. The molecule has 0 radical (unpaired) electrons. The summed E-state index contributed by atoms with van der Waals surface area (Å²) < 4.78 is 9.22. The molecule has 1 aromatic rings. The van der Waals surface area contributed by atoms with Crippen LogP contribution in [0.4, 0.5) is 0 Å². The van der Waals surface area contributed by atoms with E-state index in [2.05, 4.69) is 11.7 Å². The van der Waals surface area contributed by atoms with Crippen LogP contribution in [0.1, 0.15) is 23.6 Å². The van der Waals surface area contributed by atoms with Gasteiger partial charge in [0, 0.05) is 16.7 Å². The van der Waals surface area contributed by atoms with Crippen molar-refractivity contribution in [3.05, 3.63) is 21.9 Å². The molecule has 0 spiro atoms. The number of ether oxygens (including phenoxy) is 2. The summed E-state index contributed by atoms with van der Waals surface area (Å²) in [5, 5.41) is 0. The monoisotopic (exact) mass is 242 g/mol. The van der Waals surface area contributed by atoms with Gasteiger partial charge < -0.3 is 9.47 Å². The van der Waals surface area contributed by atoms with Gasteiger partial charge in [-0.05, 0) is 18.6 Å². The van der Waals surface area contributed by atoms with Gasteiger partial charge in [0.2, 0.25) is 6.79 Å². The minimum absolute atomic E-state index is 0.228. The van der Waals surface area contributed by atoms with Crippen LogP contribution in [0, 0.1) is 0 Å². The fourth-order valence-electron chi connectivity index (χ4n) is 1.08. The minimum Gasteiger partial charge on any atom is -0.428 e. The van der Waals surface area contributed by atoms with Crippen molar-refractivity contribution in [2.24, 2.45) is 0 Å². The van der Waals surface area contributed by atoms with Crippen molar-refractivity contribution in [2.75, 3.05) is 6.79 Å². The third-order valence-electron chi connectivity index (χ3n) is 1.87. The first-order chi connectivity index (χ1) is 7.61. The largest absolute Gasteiger partial charge is 0.428 e. The molecule has 0 aliphatic rings. The van der Waals surface area contributed by atoms with Gasteiger partial charge in [-0.2, -0.15) is 0 Å². The fraction of sp³-hybridized carbons (Fsp3) is 0.455. The van der Waals surface area contributed by atoms with Crippen LogP contribution in [0.15, 0.2) is 12.1 Å². The van der Waals surface area contributed by atoms with Crippen LogP contribution in [0.5, 0.6) is 0 Å². The molecular weight excluding hydrogens is 228 g/mol. The highest BCUT2D eigenvalue weighted by atomic mass is 32.1. The fourth-order valence-corrected chi connectivity index (χ4v) is 2.02. The lowest BCUT2D eigenvalue weighted by molar-refractivity contribution is -0.165. The SMILES string of the molecule is CCc1ccc(CC(=O)OCOC(C)=O)s1. The predicted molar refractivity (Wildman–Crippen MR) is 60.1 cm³/mol. The van der Waals surface area contributed by atoms with Gasteiger partial charge in [0.1, 0.15) is 0 Å². The van der Waals surface area contributed by atoms with E-state index in [1.54, 1.807) is 11.3 Å². The highest BCUT2D eigenvalue weighted by Crippen LogP contribution is 2.17. The van der Waals surface area contributed by atoms with Gasteiger partial charge in [-0.25, -0.2) is 0 Å². The number of carbonyl (C=O) groups is 2. The van der Waals surface area contributed by atoms with Gasteiger partial charge in [-0.3, -0.25) is 9.59 Å². The highest BCUT2D eigenvalue weighted by Gasteiger charge is 2.07. The second-order valence-electron chi connectivity index (χ2n) is 3.17. The molecule has 0 amide bonds. The summed E-state index contributed by atoms with van der Waals surface area (Å²) in [6, 6.07) is 3.91. The Morgan fingerprint density at radius 3 is 2.50 bits per heavy atom. The predicted octanol–water partition coefficient (Wildman–Crippen LogP) is 1.92. The zero-order valence-electron chi connectivity index (χ0n) is 9.32. The topological polar surface area (TPSA) is 52.6 Å². The molecule has 1 heterocycles. The van der Waals surface area contributed by atoms with Crippen LogP contribution < -0.4 is 0 Å². The molecule has 0 saturated carbocycles. The van der Waals surface area contributed by atoms with Crippen LogP contribution in [0.25, 0.3) is 0 Å². The van der Waals surface area contributed by atoms with Gasteiger partial charge in [0.25, 0.3) is 0 Å². The van der Waals surface area contributed by atoms with E-state index < -0.39 is 5.97 Å². The van der Waals surface area contributed by atoms with Crippen LogP contribution in [0.3, 0.4) is 0 Å². The summed E-state index contributed by atoms with van der Waals surface area (Å²) in [5.74, 6) is -0.844. The first-order valence-corrected chi connectivity index (χ1v) is 5.80. The molecule has 0 atom stereocenters. The summed E-state index contributed by atoms with van der Waals surface area (Å²) in [7, 11) is 0. The summed E-state index contributed by atoms with van der Waals surface area (Å²) in [5.41, 5.74) is 0. The van der Waals surface area contributed by atoms with Crippen molar-refractivity contribution in [3.8, 4) is 0 Å². The molecule has 0 bridgehead atoms. The lowest BCUT2D eigenvalue weighted by Gasteiger charge is -2.03. The van der Waals surface area contributed by atoms with Crippen molar-refractivity contribution in [2.45, 2.75) is 26.7 Å². The Balaban J connectivity index is 2.31. The van der Waals surface area contributed by atoms with Crippen LogP contribution in [-0.4, -0.2) is 18.7 Å². The van der Waals surface area contributed by atoms with Crippen molar-refractivity contribution >= 4 is 23.3 Å². The van der Waals surface area contributed by atoms with E-state index in [1.165, 1.54) is 11.8 Å². The Kier molecular flexibility index (Phi) is 4.98. The van der Waals surface area contributed by atoms with Crippen molar-refractivity contribution in [3.63, 3.8) is 0 Å². The summed E-state index contributed by atoms with van der Waals surface area (Å²) in [6.45, 7) is 3.02. The Bertz CT molecular complexity index is 370. The number of rotatable bonds is 5. The van der Waals surface area contributed by atoms with Crippen LogP contribution in [0.2, 0.25) is 0 Å². The molecule has 0 unspecified atom stereocenters. The quantitative estimate of drug-likeness (QED) is 0.584. The lowest BCUT2D eigenvalue weighted by Crippen LogP contribution is -2.12. The van der Waals surface area contributed by atoms with Gasteiger partial charge in [0.05, 0.1) is 6.42 Å². The minimum atomic E-state index is -0.461. The van der Waals surface area contributed by atoms with E-state index in [9.17, 15) is 9.59 Å². The second-order valence-corrected chi connectivity index (χ2v) is 4.42. The first-order valence-electron chi connectivity index (χ1n) is 4.98. The standard InChI is InChI=1S/C11H14O4S/c1-3-9-4-5-10(16-9)6-11(13)15-7-14-8(2)12/h4-5H,3,6-7H2,1-2H3. The highest BCUT2D eigenvalue weighted by molar-refractivity contribution is 7.12. The van der Waals surface area contributed by atoms with Crippen LogP contribution in [-0.2, 0) is 31.9 Å². The second kappa shape index (κ2) is 6.27. The maximum atomic E-state index is 11.3. The Hall–Kier alpha value is -1.36. The molecule has 88 valence electrons. The third-order valence-corrected chi connectivity index (χ3v) is 3.10. The Morgan fingerprint density at radius 1 is 1.25 bits per heavy atom. The molecule has 1 rings (SSSR count). The van der Waals surface area contributed by atoms with E-state index in [1.807, 2.05) is 12.1 Å². The maximum Gasteiger partial charge on any atom is 0.313 e. The Morgan fingerprint density at radius 2 is 1.94 bits per heavy atom. The van der Waals surface area contributed by atoms with Crippen molar-refractivity contribution in [1.82, 2.24) is 0 Å². The van der Waals surface area contributed by atoms with E-state index in [-0.39, 0.29) is 19.2 Å². The maximum absolute atomic E-state index is 11.3. The molecule has 0 aliphatic carbocycles. The smallest absolute Gasteiger partial charge is 0.313 e. The normalized spacial score (nSPS) is 9.88. The molecule has 16 heavy (non-hydrogen) atoms. The molecule has 0 aromatic carbocycles. The van der Waals surface area contributed by atoms with E-state index in [4.69, 9.17) is 4.74 Å². The summed E-state index contributed by atoms with van der Waals surface area (Å²) in [6.07, 6.45) is 1.19. The van der Waals surface area contributed by atoms with E-state index in [0.717, 1.165) is 11.3 Å². The van der Waals surface area contributed by atoms with Crippen molar-refractivity contribution in [1.29, 1.82) is 0 Å². The first kappa shape index (κ1) is 12.7. The molecule has 0 aliphatic heterocycles. The zero-order chi connectivity index (χ0) is 12.0. The number of thiophene rings is 1. The third kappa shape index (κ3) is 4.44. The van der Waals surface area contributed by atoms with Crippen LogP contribution >= 0.6 is 11.3 Å². The molecule has 0 saturated heterocycles. The number of hydrogen-bond donors (Lipinski definition) is 0. The van der Waals surface area contributed by atoms with Gasteiger partial charge in [-0.1, -0.05) is 6.92 Å². The summed E-state index contributed by atoms with van der Waals surface area (Å²) >= 11 is 1.59. The number of carbonyl (C=O) groups excluding carboxylic acids is 2. The van der Waals surface area contributed by atoms with E-state index >= 15 is 0 Å². The molecule has 0 fully saturated rings. The molecule has 0 N–H and O–H groups in total. The lowest BCUT2D eigenvalue weighted by atomic mass is 10.3. The molecule has 4 nitrogen and oxygen atoms in total. The van der Waals surface area contributed by atoms with Gasteiger partial charge in [-0.15, -0.1) is 11.3 Å². The van der Waals surface area contributed by atoms with Gasteiger partial charge >= 0.3 is 11.9 Å². The zero-order valence-corrected chi connectivity index (χ0v) is 10.1.